The molecule has 4 rings (SSSR count). The molecule has 2 aromatic carbocycles. The van der Waals surface area contributed by atoms with Crippen molar-refractivity contribution in [2.75, 3.05) is 35.2 Å². The Hall–Kier alpha value is -3.22. The molecule has 7 heteroatoms. The molecule has 0 unspecified atom stereocenters. The van der Waals surface area contributed by atoms with Gasteiger partial charge in [0.15, 0.2) is 0 Å². The van der Waals surface area contributed by atoms with Crippen molar-refractivity contribution in [1.29, 1.82) is 0 Å². The number of hydrogen-bond donors (Lipinski definition) is 3. The van der Waals surface area contributed by atoms with Gasteiger partial charge in [-0.1, -0.05) is 26.2 Å². The molecule has 0 spiro atoms. The third-order valence-corrected chi connectivity index (χ3v) is 6.99. The molecule has 1 saturated heterocycles. The van der Waals surface area contributed by atoms with Crippen LogP contribution in [0.2, 0.25) is 0 Å². The molecule has 1 aliphatic heterocycles. The molecular weight excluding hydrogens is 440 g/mol. The number of ether oxygens (including phenoxy) is 1. The fourth-order valence-corrected chi connectivity index (χ4v) is 4.93. The topological polar surface area (TPSA) is 82.7 Å². The summed E-state index contributed by atoms with van der Waals surface area (Å²) in [6.07, 6.45) is 7.87. The second-order valence-electron chi connectivity index (χ2n) is 9.75. The van der Waals surface area contributed by atoms with Gasteiger partial charge < -0.3 is 25.6 Å². The second-order valence-corrected chi connectivity index (χ2v) is 9.75. The van der Waals surface area contributed by atoms with Gasteiger partial charge in [-0.25, -0.2) is 4.79 Å². The van der Waals surface area contributed by atoms with Crippen LogP contribution >= 0.6 is 0 Å². The van der Waals surface area contributed by atoms with Crippen molar-refractivity contribution in [3.05, 3.63) is 48.0 Å². The Morgan fingerprint density at radius 1 is 0.914 bits per heavy atom. The van der Waals surface area contributed by atoms with E-state index in [4.69, 9.17) is 4.74 Å². The lowest BCUT2D eigenvalue weighted by atomic mass is 9.95. The molecule has 1 saturated carbocycles. The molecule has 2 aliphatic rings. The molecule has 188 valence electrons. The van der Waals surface area contributed by atoms with E-state index < -0.39 is 0 Å². The predicted octanol–water partition coefficient (Wildman–Crippen LogP) is 6.03. The van der Waals surface area contributed by atoms with E-state index in [0.29, 0.717) is 29.5 Å². The summed E-state index contributed by atoms with van der Waals surface area (Å²) >= 11 is 0. The highest BCUT2D eigenvalue weighted by Gasteiger charge is 2.24. The molecule has 0 atom stereocenters. The lowest BCUT2D eigenvalue weighted by Crippen LogP contribution is -2.38. The zero-order valence-corrected chi connectivity index (χ0v) is 20.9. The quantitative estimate of drug-likeness (QED) is 0.454. The number of nitrogens with zero attached hydrogens (tertiary/aromatic N) is 1. The number of piperidine rings is 1. The molecule has 3 amide bonds. The van der Waals surface area contributed by atoms with Crippen LogP contribution in [0.15, 0.2) is 42.5 Å². The van der Waals surface area contributed by atoms with E-state index in [2.05, 4.69) is 27.8 Å². The minimum atomic E-state index is -0.354. The van der Waals surface area contributed by atoms with Crippen molar-refractivity contribution >= 4 is 29.0 Å². The highest BCUT2D eigenvalue weighted by atomic mass is 16.5. The Morgan fingerprint density at radius 2 is 1.57 bits per heavy atom. The maximum Gasteiger partial charge on any atom is 0.323 e. The summed E-state index contributed by atoms with van der Waals surface area (Å²) < 4.78 is 5.45. The number of benzene rings is 2. The van der Waals surface area contributed by atoms with Gasteiger partial charge >= 0.3 is 6.03 Å². The second kappa shape index (κ2) is 12.0. The average molecular weight is 479 g/mol. The van der Waals surface area contributed by atoms with Crippen LogP contribution in [0.5, 0.6) is 5.75 Å². The number of anilines is 3. The van der Waals surface area contributed by atoms with Gasteiger partial charge in [-0.15, -0.1) is 0 Å². The standard InChI is InChI=1S/C28H38N4O3/c1-3-35-24-12-9-22(10-13-24)30-28(34)31-23-11-14-26(32-17-15-20(2)16-18-32)25(19-23)27(33)29-21-7-5-4-6-8-21/h9-14,19-21H,3-8,15-18H2,1-2H3,(H,29,33)(H2,30,31,34). The van der Waals surface area contributed by atoms with Gasteiger partial charge in [0.1, 0.15) is 5.75 Å². The van der Waals surface area contributed by atoms with Crippen LogP contribution in [0.1, 0.15) is 69.2 Å². The summed E-state index contributed by atoms with van der Waals surface area (Å²) in [4.78, 5) is 28.3. The summed E-state index contributed by atoms with van der Waals surface area (Å²) in [5.41, 5.74) is 2.84. The van der Waals surface area contributed by atoms with Crippen LogP contribution in [0.4, 0.5) is 21.9 Å². The first-order valence-electron chi connectivity index (χ1n) is 13.0. The Kier molecular flexibility index (Phi) is 8.50. The SMILES string of the molecule is CCOc1ccc(NC(=O)Nc2ccc(N3CCC(C)CC3)c(C(=O)NC3CCCCC3)c2)cc1. The van der Waals surface area contributed by atoms with E-state index in [1.807, 2.05) is 37.3 Å². The Morgan fingerprint density at radius 3 is 2.26 bits per heavy atom. The van der Waals surface area contributed by atoms with Crippen LogP contribution in [0, 0.1) is 5.92 Å². The number of nitrogens with one attached hydrogen (secondary N) is 3. The van der Waals surface area contributed by atoms with Crippen LogP contribution in [0.25, 0.3) is 0 Å². The molecule has 35 heavy (non-hydrogen) atoms. The normalized spacial score (nSPS) is 17.0. The fourth-order valence-electron chi connectivity index (χ4n) is 4.93. The number of carbonyl (C=O) groups excluding carboxylic acids is 2. The van der Waals surface area contributed by atoms with Gasteiger partial charge in [-0.3, -0.25) is 4.79 Å². The highest BCUT2D eigenvalue weighted by Crippen LogP contribution is 2.29. The Bertz CT molecular complexity index is 994. The van der Waals surface area contributed by atoms with E-state index in [-0.39, 0.29) is 18.0 Å². The van der Waals surface area contributed by atoms with E-state index in [1.54, 1.807) is 12.1 Å². The number of hydrogen-bond acceptors (Lipinski definition) is 4. The molecule has 1 heterocycles. The van der Waals surface area contributed by atoms with Gasteiger partial charge in [-0.2, -0.15) is 0 Å². The lowest BCUT2D eigenvalue weighted by molar-refractivity contribution is 0.0928. The summed E-state index contributed by atoms with van der Waals surface area (Å²) in [5.74, 6) is 1.41. The maximum absolute atomic E-state index is 13.4. The zero-order valence-electron chi connectivity index (χ0n) is 20.9. The van der Waals surface area contributed by atoms with Gasteiger partial charge in [-0.05, 0) is 81.0 Å². The van der Waals surface area contributed by atoms with E-state index in [0.717, 1.165) is 63.1 Å². The zero-order chi connectivity index (χ0) is 24.6. The number of amides is 3. The van der Waals surface area contributed by atoms with Crippen LogP contribution in [-0.4, -0.2) is 37.7 Å². The Balaban J connectivity index is 1.48. The monoisotopic (exact) mass is 478 g/mol. The summed E-state index contributed by atoms with van der Waals surface area (Å²) in [5, 5.41) is 8.98. The molecule has 0 aromatic heterocycles. The maximum atomic E-state index is 13.4. The number of urea groups is 1. The van der Waals surface area contributed by atoms with Gasteiger partial charge in [0, 0.05) is 36.2 Å². The highest BCUT2D eigenvalue weighted by molar-refractivity contribution is 6.04. The summed E-state index contributed by atoms with van der Waals surface area (Å²) in [7, 11) is 0. The first-order chi connectivity index (χ1) is 17.0. The van der Waals surface area contributed by atoms with Crippen molar-refractivity contribution in [1.82, 2.24) is 5.32 Å². The average Bonchev–Trinajstić information content (AvgIpc) is 2.86. The van der Waals surface area contributed by atoms with Crippen LogP contribution in [0.3, 0.4) is 0 Å². The molecule has 3 N–H and O–H groups in total. The molecular formula is C28H38N4O3. The molecule has 2 fully saturated rings. The van der Waals surface area contributed by atoms with Gasteiger partial charge in [0.25, 0.3) is 5.91 Å². The first-order valence-corrected chi connectivity index (χ1v) is 13.0. The van der Waals surface area contributed by atoms with E-state index in [1.165, 1.54) is 6.42 Å². The van der Waals surface area contributed by atoms with Gasteiger partial charge in [0.05, 0.1) is 12.2 Å². The lowest BCUT2D eigenvalue weighted by Gasteiger charge is -2.34. The van der Waals surface area contributed by atoms with Crippen molar-refractivity contribution in [2.45, 2.75) is 64.8 Å². The van der Waals surface area contributed by atoms with Crippen molar-refractivity contribution < 1.29 is 14.3 Å². The van der Waals surface area contributed by atoms with Crippen molar-refractivity contribution in [3.8, 4) is 5.75 Å². The Labute approximate surface area is 208 Å². The molecule has 0 bridgehead atoms. The molecule has 7 nitrogen and oxygen atoms in total. The number of rotatable bonds is 7. The third kappa shape index (κ3) is 6.90. The smallest absolute Gasteiger partial charge is 0.323 e. The van der Waals surface area contributed by atoms with Crippen LogP contribution in [-0.2, 0) is 0 Å². The minimum absolute atomic E-state index is 0.0545. The number of carbonyl (C=O) groups is 2. The molecule has 0 radical (unpaired) electrons. The van der Waals surface area contributed by atoms with Crippen molar-refractivity contribution in [2.24, 2.45) is 5.92 Å². The minimum Gasteiger partial charge on any atom is -0.494 e. The molecule has 2 aromatic rings. The summed E-state index contributed by atoms with van der Waals surface area (Å²) in [6, 6.07) is 12.8. The third-order valence-electron chi connectivity index (χ3n) is 6.99. The fraction of sp³-hybridized carbons (Fsp3) is 0.500. The predicted molar refractivity (Wildman–Crippen MR) is 142 cm³/mol. The van der Waals surface area contributed by atoms with E-state index >= 15 is 0 Å². The first kappa shape index (κ1) is 24.9. The van der Waals surface area contributed by atoms with Crippen LogP contribution < -0.4 is 25.6 Å². The van der Waals surface area contributed by atoms with Gasteiger partial charge in [0.2, 0.25) is 0 Å². The van der Waals surface area contributed by atoms with Crippen molar-refractivity contribution in [3.63, 3.8) is 0 Å². The molecule has 1 aliphatic carbocycles. The largest absolute Gasteiger partial charge is 0.494 e. The van der Waals surface area contributed by atoms with E-state index in [9.17, 15) is 9.59 Å². The summed E-state index contributed by atoms with van der Waals surface area (Å²) in [6.45, 7) is 6.69.